The van der Waals surface area contributed by atoms with Crippen molar-refractivity contribution >= 4 is 23.2 Å². The van der Waals surface area contributed by atoms with Gasteiger partial charge >= 0.3 is 0 Å². The second-order valence-corrected chi connectivity index (χ2v) is 7.60. The number of thiophene rings is 1. The first-order chi connectivity index (χ1) is 15.5. The average molecular weight is 451 g/mol. The maximum atomic E-state index is 13.7. The minimum absolute atomic E-state index is 0.0790. The first-order valence-corrected chi connectivity index (χ1v) is 10.5. The third-order valence-corrected chi connectivity index (χ3v) is 5.32. The molecule has 0 aliphatic carbocycles. The van der Waals surface area contributed by atoms with Crippen LogP contribution in [0.4, 0.5) is 4.39 Å². The van der Waals surface area contributed by atoms with E-state index in [1.165, 1.54) is 40.3 Å². The number of nitrogens with zero attached hydrogens (tertiary/aromatic N) is 3. The molecule has 4 aromatic rings. The van der Waals surface area contributed by atoms with E-state index in [2.05, 4.69) is 20.7 Å². The molecule has 3 N–H and O–H groups in total. The van der Waals surface area contributed by atoms with E-state index in [0.29, 0.717) is 11.5 Å². The number of halogens is 1. The number of hydrogen-bond donors (Lipinski definition) is 3. The molecule has 10 heteroatoms. The summed E-state index contributed by atoms with van der Waals surface area (Å²) in [5.41, 5.74) is 0.588. The van der Waals surface area contributed by atoms with Gasteiger partial charge in [-0.15, -0.1) is 16.4 Å². The minimum Gasteiger partial charge on any atom is -0.507 e. The van der Waals surface area contributed by atoms with Gasteiger partial charge in [-0.25, -0.2) is 14.1 Å². The van der Waals surface area contributed by atoms with E-state index in [-0.39, 0.29) is 30.2 Å². The molecule has 2 heterocycles. The average Bonchev–Trinajstić information content (AvgIpc) is 3.46. The SMILES string of the molecule is O=C(NCCNC(=O)c1ccccc1O)c1nc(-c2cccs2)n(-c2cccc(F)c2)n1. The lowest BCUT2D eigenvalue weighted by Crippen LogP contribution is -2.35. The lowest BCUT2D eigenvalue weighted by atomic mass is 10.2. The highest BCUT2D eigenvalue weighted by molar-refractivity contribution is 7.13. The van der Waals surface area contributed by atoms with E-state index in [1.54, 1.807) is 24.3 Å². The van der Waals surface area contributed by atoms with Crippen molar-refractivity contribution in [3.63, 3.8) is 0 Å². The van der Waals surface area contributed by atoms with Crippen molar-refractivity contribution in [2.75, 3.05) is 13.1 Å². The predicted molar refractivity (Wildman–Crippen MR) is 117 cm³/mol. The normalized spacial score (nSPS) is 10.7. The number of para-hydroxylation sites is 1. The number of phenolic OH excluding ortho intramolecular Hbond substituents is 1. The Labute approximate surface area is 186 Å². The highest BCUT2D eigenvalue weighted by atomic mass is 32.1. The van der Waals surface area contributed by atoms with Crippen LogP contribution in [0.3, 0.4) is 0 Å². The Hall–Kier alpha value is -4.05. The molecule has 0 bridgehead atoms. The number of phenols is 1. The Balaban J connectivity index is 1.44. The van der Waals surface area contributed by atoms with Gasteiger partial charge in [-0.2, -0.15) is 0 Å². The number of nitrogens with one attached hydrogen (secondary N) is 2. The van der Waals surface area contributed by atoms with Crippen molar-refractivity contribution in [2.45, 2.75) is 0 Å². The molecule has 2 aromatic carbocycles. The number of benzene rings is 2. The molecule has 0 unspecified atom stereocenters. The van der Waals surface area contributed by atoms with E-state index >= 15 is 0 Å². The van der Waals surface area contributed by atoms with E-state index in [4.69, 9.17) is 0 Å². The Kier molecular flexibility index (Phi) is 6.22. The maximum Gasteiger partial charge on any atom is 0.291 e. The Morgan fingerprint density at radius 2 is 1.78 bits per heavy atom. The topological polar surface area (TPSA) is 109 Å². The van der Waals surface area contributed by atoms with Crippen LogP contribution in [-0.2, 0) is 0 Å². The first kappa shape index (κ1) is 21.2. The zero-order valence-corrected chi connectivity index (χ0v) is 17.5. The van der Waals surface area contributed by atoms with Crippen molar-refractivity contribution in [2.24, 2.45) is 0 Å². The summed E-state index contributed by atoms with van der Waals surface area (Å²) >= 11 is 1.42. The molecule has 162 valence electrons. The third-order valence-electron chi connectivity index (χ3n) is 4.45. The number of hydrogen-bond acceptors (Lipinski definition) is 6. The van der Waals surface area contributed by atoms with Crippen LogP contribution in [0.25, 0.3) is 16.4 Å². The fourth-order valence-corrected chi connectivity index (χ4v) is 3.65. The lowest BCUT2D eigenvalue weighted by molar-refractivity contribution is 0.0920. The first-order valence-electron chi connectivity index (χ1n) is 9.64. The van der Waals surface area contributed by atoms with Gasteiger partial charge in [-0.3, -0.25) is 9.59 Å². The van der Waals surface area contributed by atoms with Gasteiger partial charge in [0.1, 0.15) is 11.6 Å². The van der Waals surface area contributed by atoms with Crippen molar-refractivity contribution in [1.82, 2.24) is 25.4 Å². The smallest absolute Gasteiger partial charge is 0.291 e. The molecule has 0 spiro atoms. The number of carbonyl (C=O) groups excluding carboxylic acids is 2. The molecule has 8 nitrogen and oxygen atoms in total. The van der Waals surface area contributed by atoms with Crippen LogP contribution in [0.2, 0.25) is 0 Å². The molecule has 2 amide bonds. The number of aromatic hydroxyl groups is 1. The van der Waals surface area contributed by atoms with Crippen LogP contribution in [0, 0.1) is 5.82 Å². The molecule has 0 aliphatic heterocycles. The van der Waals surface area contributed by atoms with Crippen molar-refractivity contribution < 1.29 is 19.1 Å². The number of rotatable bonds is 7. The second kappa shape index (κ2) is 9.40. The van der Waals surface area contributed by atoms with Crippen molar-refractivity contribution in [3.05, 3.63) is 83.2 Å². The molecular formula is C22H18FN5O3S. The zero-order valence-electron chi connectivity index (χ0n) is 16.7. The maximum absolute atomic E-state index is 13.7. The molecule has 2 aromatic heterocycles. The fraction of sp³-hybridized carbons (Fsp3) is 0.0909. The van der Waals surface area contributed by atoms with Crippen molar-refractivity contribution in [1.29, 1.82) is 0 Å². The molecule has 32 heavy (non-hydrogen) atoms. The Morgan fingerprint density at radius 1 is 1.00 bits per heavy atom. The summed E-state index contributed by atoms with van der Waals surface area (Å²) in [7, 11) is 0. The largest absolute Gasteiger partial charge is 0.507 e. The molecule has 4 rings (SSSR count). The van der Waals surface area contributed by atoms with Gasteiger partial charge in [0.2, 0.25) is 5.82 Å². The summed E-state index contributed by atoms with van der Waals surface area (Å²) in [4.78, 5) is 29.8. The summed E-state index contributed by atoms with van der Waals surface area (Å²) in [6.07, 6.45) is 0. The number of amides is 2. The fourth-order valence-electron chi connectivity index (χ4n) is 2.95. The van der Waals surface area contributed by atoms with E-state index < -0.39 is 17.6 Å². The number of carbonyl (C=O) groups is 2. The lowest BCUT2D eigenvalue weighted by Gasteiger charge is -2.07. The zero-order chi connectivity index (χ0) is 22.5. The summed E-state index contributed by atoms with van der Waals surface area (Å²) in [5, 5.41) is 21.1. The summed E-state index contributed by atoms with van der Waals surface area (Å²) < 4.78 is 15.1. The molecule has 0 fully saturated rings. The van der Waals surface area contributed by atoms with E-state index in [1.807, 2.05) is 17.5 Å². The van der Waals surface area contributed by atoms with Crippen LogP contribution in [-0.4, -0.2) is 44.8 Å². The highest BCUT2D eigenvalue weighted by Crippen LogP contribution is 2.25. The van der Waals surface area contributed by atoms with E-state index in [9.17, 15) is 19.1 Å². The summed E-state index contributed by atoms with van der Waals surface area (Å²) in [6.45, 7) is 0.266. The molecule has 0 saturated heterocycles. The molecule has 0 atom stereocenters. The highest BCUT2D eigenvalue weighted by Gasteiger charge is 2.19. The van der Waals surface area contributed by atoms with Gasteiger partial charge in [0.25, 0.3) is 11.8 Å². The summed E-state index contributed by atoms with van der Waals surface area (Å²) in [5.74, 6) is -1.20. The molecule has 0 radical (unpaired) electrons. The van der Waals surface area contributed by atoms with Gasteiger partial charge in [0, 0.05) is 13.1 Å². The van der Waals surface area contributed by atoms with Gasteiger partial charge in [0.05, 0.1) is 16.1 Å². The van der Waals surface area contributed by atoms with Gasteiger partial charge in [-0.1, -0.05) is 24.3 Å². The van der Waals surface area contributed by atoms with Crippen LogP contribution < -0.4 is 10.6 Å². The van der Waals surface area contributed by atoms with Gasteiger partial charge in [-0.05, 0) is 41.8 Å². The standard InChI is InChI=1S/C22H18FN5O3S/c23-14-5-3-6-15(13-14)28-20(18-9-4-12-32-18)26-19(27-28)22(31)25-11-10-24-21(30)16-7-1-2-8-17(16)29/h1-9,12-13,29H,10-11H2,(H,24,30)(H,25,31). The Bertz CT molecular complexity index is 1260. The second-order valence-electron chi connectivity index (χ2n) is 6.66. The summed E-state index contributed by atoms with van der Waals surface area (Å²) in [6, 6.07) is 15.7. The van der Waals surface area contributed by atoms with Crippen LogP contribution in [0.1, 0.15) is 21.0 Å². The quantitative estimate of drug-likeness (QED) is 0.374. The van der Waals surface area contributed by atoms with Crippen LogP contribution in [0.5, 0.6) is 5.75 Å². The molecular weight excluding hydrogens is 433 g/mol. The van der Waals surface area contributed by atoms with Gasteiger partial charge < -0.3 is 15.7 Å². The molecule has 0 saturated carbocycles. The van der Waals surface area contributed by atoms with Crippen molar-refractivity contribution in [3.8, 4) is 22.1 Å². The Morgan fingerprint density at radius 3 is 2.50 bits per heavy atom. The van der Waals surface area contributed by atoms with E-state index in [0.717, 1.165) is 4.88 Å². The minimum atomic E-state index is -0.533. The van der Waals surface area contributed by atoms with Crippen LogP contribution in [0.15, 0.2) is 66.0 Å². The predicted octanol–water partition coefficient (Wildman–Crippen LogP) is 3.00. The monoisotopic (exact) mass is 451 g/mol. The third kappa shape index (κ3) is 4.65. The van der Waals surface area contributed by atoms with Gasteiger partial charge in [0.15, 0.2) is 5.82 Å². The van der Waals surface area contributed by atoms with Crippen LogP contribution >= 0.6 is 11.3 Å². The molecule has 0 aliphatic rings. The number of aromatic nitrogens is 3.